The Bertz CT molecular complexity index is 541. The summed E-state index contributed by atoms with van der Waals surface area (Å²) in [6.07, 6.45) is 2.62. The van der Waals surface area contributed by atoms with Gasteiger partial charge in [-0.05, 0) is 30.0 Å². The molecule has 0 amide bonds. The molecular weight excluding hydrogens is 200 g/mol. The minimum Gasteiger partial charge on any atom is -0.305 e. The van der Waals surface area contributed by atoms with Crippen LogP contribution < -0.4 is 5.69 Å². The summed E-state index contributed by atoms with van der Waals surface area (Å²) in [5.74, 6) is 0. The molecule has 0 bridgehead atoms. The lowest BCUT2D eigenvalue weighted by atomic mass is 10.1. The number of aryl methyl sites for hydroxylation is 2. The summed E-state index contributed by atoms with van der Waals surface area (Å²) in [6, 6.07) is 8.20. The van der Waals surface area contributed by atoms with Gasteiger partial charge in [-0.25, -0.2) is 9.78 Å². The Kier molecular flexibility index (Phi) is 2.86. The zero-order chi connectivity index (χ0) is 11.5. The predicted octanol–water partition coefficient (Wildman–Crippen LogP) is 2.31. The van der Waals surface area contributed by atoms with E-state index in [1.165, 1.54) is 5.56 Å². The minimum atomic E-state index is -0.305. The van der Waals surface area contributed by atoms with Crippen LogP contribution in [0.4, 0.5) is 0 Å². The summed E-state index contributed by atoms with van der Waals surface area (Å²) >= 11 is 0. The van der Waals surface area contributed by atoms with Gasteiger partial charge in [-0.1, -0.05) is 31.2 Å². The van der Waals surface area contributed by atoms with E-state index < -0.39 is 0 Å². The van der Waals surface area contributed by atoms with E-state index in [1.807, 2.05) is 19.1 Å². The lowest BCUT2D eigenvalue weighted by molar-refractivity contribution is 1.05. The fourth-order valence-electron chi connectivity index (χ4n) is 1.66. The van der Waals surface area contributed by atoms with Crippen molar-refractivity contribution in [3.8, 4) is 11.3 Å². The highest BCUT2D eigenvalue weighted by Gasteiger charge is 2.03. The largest absolute Gasteiger partial charge is 0.345 e. The lowest BCUT2D eigenvalue weighted by Crippen LogP contribution is -2.11. The Balaban J connectivity index is 2.50. The Hall–Kier alpha value is -1.90. The minimum absolute atomic E-state index is 0.305. The monoisotopic (exact) mass is 214 g/mol. The Morgan fingerprint density at radius 1 is 1.25 bits per heavy atom. The van der Waals surface area contributed by atoms with Crippen molar-refractivity contribution in [1.29, 1.82) is 0 Å². The van der Waals surface area contributed by atoms with E-state index in [9.17, 15) is 4.79 Å². The van der Waals surface area contributed by atoms with Gasteiger partial charge in [-0.15, -0.1) is 0 Å². The maximum absolute atomic E-state index is 11.2. The van der Waals surface area contributed by atoms with Crippen LogP contribution in [0.3, 0.4) is 0 Å². The first-order valence-corrected chi connectivity index (χ1v) is 5.36. The lowest BCUT2D eigenvalue weighted by Gasteiger charge is -2.05. The fraction of sp³-hybridized carbons (Fsp3) is 0.231. The second-order valence-corrected chi connectivity index (χ2v) is 3.80. The van der Waals surface area contributed by atoms with Gasteiger partial charge in [0.2, 0.25) is 0 Å². The Morgan fingerprint density at radius 2 is 1.94 bits per heavy atom. The van der Waals surface area contributed by atoms with Crippen LogP contribution in [0.15, 0.2) is 35.3 Å². The van der Waals surface area contributed by atoms with Gasteiger partial charge in [0.15, 0.2) is 0 Å². The molecule has 82 valence electrons. The number of aromatic nitrogens is 2. The van der Waals surface area contributed by atoms with Gasteiger partial charge in [-0.2, -0.15) is 0 Å². The smallest absolute Gasteiger partial charge is 0.305 e. The number of aromatic amines is 1. The van der Waals surface area contributed by atoms with E-state index >= 15 is 0 Å². The van der Waals surface area contributed by atoms with Gasteiger partial charge in [0, 0.05) is 6.20 Å². The van der Waals surface area contributed by atoms with E-state index in [0.29, 0.717) is 0 Å². The molecule has 3 heteroatoms. The standard InChI is InChI=1S/C13H14N2O/c1-3-10-4-6-11(7-5-10)12-9(2)8-14-13(16)15-12/h4-8H,3H2,1-2H3,(H,14,15,16). The third kappa shape index (κ3) is 2.03. The van der Waals surface area contributed by atoms with Crippen molar-refractivity contribution in [1.82, 2.24) is 9.97 Å². The summed E-state index contributed by atoms with van der Waals surface area (Å²) in [5.41, 5.74) is 3.83. The first-order valence-electron chi connectivity index (χ1n) is 5.36. The highest BCUT2D eigenvalue weighted by Crippen LogP contribution is 2.19. The Labute approximate surface area is 94.2 Å². The van der Waals surface area contributed by atoms with Crippen LogP contribution >= 0.6 is 0 Å². The summed E-state index contributed by atoms with van der Waals surface area (Å²) < 4.78 is 0. The zero-order valence-corrected chi connectivity index (χ0v) is 9.45. The predicted molar refractivity (Wildman–Crippen MR) is 64.4 cm³/mol. The van der Waals surface area contributed by atoms with E-state index in [4.69, 9.17) is 0 Å². The zero-order valence-electron chi connectivity index (χ0n) is 9.45. The summed E-state index contributed by atoms with van der Waals surface area (Å²) in [5, 5.41) is 0. The maximum Gasteiger partial charge on any atom is 0.345 e. The molecule has 1 aromatic carbocycles. The number of hydrogen-bond acceptors (Lipinski definition) is 2. The second kappa shape index (κ2) is 4.31. The number of H-pyrrole nitrogens is 1. The maximum atomic E-state index is 11.2. The van der Waals surface area contributed by atoms with Crippen LogP contribution in [-0.2, 0) is 6.42 Å². The van der Waals surface area contributed by atoms with Crippen LogP contribution in [0.1, 0.15) is 18.1 Å². The molecule has 0 unspecified atom stereocenters. The highest BCUT2D eigenvalue weighted by molar-refractivity contribution is 5.62. The molecule has 2 aromatic rings. The van der Waals surface area contributed by atoms with E-state index in [1.54, 1.807) is 6.20 Å². The average Bonchev–Trinajstić information content (AvgIpc) is 2.32. The van der Waals surface area contributed by atoms with Gasteiger partial charge in [0.1, 0.15) is 0 Å². The molecule has 1 N–H and O–H groups in total. The van der Waals surface area contributed by atoms with Gasteiger partial charge >= 0.3 is 5.69 Å². The van der Waals surface area contributed by atoms with Crippen molar-refractivity contribution in [2.45, 2.75) is 20.3 Å². The van der Waals surface area contributed by atoms with Crippen LogP contribution in [0.2, 0.25) is 0 Å². The number of benzene rings is 1. The van der Waals surface area contributed by atoms with Crippen molar-refractivity contribution >= 4 is 0 Å². The molecule has 1 aromatic heterocycles. The first kappa shape index (κ1) is 10.6. The van der Waals surface area contributed by atoms with Gasteiger partial charge < -0.3 is 4.98 Å². The molecule has 0 saturated heterocycles. The molecular formula is C13H14N2O. The number of nitrogens with one attached hydrogen (secondary N) is 1. The number of nitrogens with zero attached hydrogens (tertiary/aromatic N) is 1. The normalized spacial score (nSPS) is 10.4. The summed E-state index contributed by atoms with van der Waals surface area (Å²) in [6.45, 7) is 4.06. The van der Waals surface area contributed by atoms with Crippen molar-refractivity contribution in [2.75, 3.05) is 0 Å². The van der Waals surface area contributed by atoms with E-state index in [-0.39, 0.29) is 5.69 Å². The quantitative estimate of drug-likeness (QED) is 0.833. The average molecular weight is 214 g/mol. The van der Waals surface area contributed by atoms with Crippen LogP contribution in [0.25, 0.3) is 11.3 Å². The van der Waals surface area contributed by atoms with Crippen LogP contribution in [-0.4, -0.2) is 9.97 Å². The molecule has 0 aliphatic heterocycles. The van der Waals surface area contributed by atoms with Crippen molar-refractivity contribution in [3.63, 3.8) is 0 Å². The van der Waals surface area contributed by atoms with Crippen LogP contribution in [0, 0.1) is 6.92 Å². The number of rotatable bonds is 2. The van der Waals surface area contributed by atoms with Gasteiger partial charge in [0.25, 0.3) is 0 Å². The molecule has 0 atom stereocenters. The highest BCUT2D eigenvalue weighted by atomic mass is 16.1. The molecule has 0 aliphatic carbocycles. The Morgan fingerprint density at radius 3 is 2.56 bits per heavy atom. The van der Waals surface area contributed by atoms with Crippen molar-refractivity contribution in [3.05, 3.63) is 52.1 Å². The van der Waals surface area contributed by atoms with Gasteiger partial charge in [-0.3, -0.25) is 0 Å². The van der Waals surface area contributed by atoms with E-state index in [0.717, 1.165) is 23.2 Å². The van der Waals surface area contributed by atoms with Crippen molar-refractivity contribution < 1.29 is 0 Å². The molecule has 0 spiro atoms. The molecule has 0 fully saturated rings. The van der Waals surface area contributed by atoms with Crippen molar-refractivity contribution in [2.24, 2.45) is 0 Å². The third-order valence-corrected chi connectivity index (χ3v) is 2.65. The fourth-order valence-corrected chi connectivity index (χ4v) is 1.66. The molecule has 3 nitrogen and oxygen atoms in total. The number of hydrogen-bond donors (Lipinski definition) is 1. The topological polar surface area (TPSA) is 45.8 Å². The third-order valence-electron chi connectivity index (χ3n) is 2.65. The molecule has 0 saturated carbocycles. The van der Waals surface area contributed by atoms with Gasteiger partial charge in [0.05, 0.1) is 5.69 Å². The van der Waals surface area contributed by atoms with E-state index in [2.05, 4.69) is 29.0 Å². The summed E-state index contributed by atoms with van der Waals surface area (Å²) in [7, 11) is 0. The summed E-state index contributed by atoms with van der Waals surface area (Å²) in [4.78, 5) is 17.6. The molecule has 2 rings (SSSR count). The first-order chi connectivity index (χ1) is 7.70. The molecule has 16 heavy (non-hydrogen) atoms. The molecule has 1 heterocycles. The van der Waals surface area contributed by atoms with Crippen LogP contribution in [0.5, 0.6) is 0 Å². The molecule has 0 radical (unpaired) electrons. The SMILES string of the molecule is CCc1ccc(-c2[nH]c(=O)ncc2C)cc1. The molecule has 0 aliphatic rings. The second-order valence-electron chi connectivity index (χ2n) is 3.80.